The van der Waals surface area contributed by atoms with E-state index in [-0.39, 0.29) is 5.92 Å². The summed E-state index contributed by atoms with van der Waals surface area (Å²) in [6, 6.07) is 0. The number of hydrogen-bond donors (Lipinski definition) is 0. The monoisotopic (exact) mass is 212 g/mol. The third-order valence-corrected chi connectivity index (χ3v) is 3.35. The standard InChI is InChI=1S/C13H24O2/c1-5-15-13(12(14)10(2)3)8-6-7-11(4)9-13/h10-11H,5-9H2,1-4H3. The lowest BCUT2D eigenvalue weighted by molar-refractivity contribution is -0.154. The molecule has 2 nitrogen and oxygen atoms in total. The highest BCUT2D eigenvalue weighted by molar-refractivity contribution is 5.89. The fraction of sp³-hybridized carbons (Fsp3) is 0.923. The van der Waals surface area contributed by atoms with Gasteiger partial charge in [0.15, 0.2) is 5.78 Å². The first-order valence-electron chi connectivity index (χ1n) is 6.20. The smallest absolute Gasteiger partial charge is 0.167 e. The Hall–Kier alpha value is -0.370. The lowest BCUT2D eigenvalue weighted by atomic mass is 9.74. The van der Waals surface area contributed by atoms with Gasteiger partial charge in [0.1, 0.15) is 5.60 Å². The summed E-state index contributed by atoms with van der Waals surface area (Å²) >= 11 is 0. The molecule has 0 amide bonds. The van der Waals surface area contributed by atoms with Crippen LogP contribution in [0.15, 0.2) is 0 Å². The normalized spacial score (nSPS) is 31.9. The van der Waals surface area contributed by atoms with Crippen LogP contribution in [0.4, 0.5) is 0 Å². The Morgan fingerprint density at radius 2 is 2.20 bits per heavy atom. The number of Topliss-reactive ketones (excluding diaryl/α,β-unsaturated/α-hetero) is 1. The summed E-state index contributed by atoms with van der Waals surface area (Å²) in [5.74, 6) is 1.01. The van der Waals surface area contributed by atoms with Gasteiger partial charge < -0.3 is 4.74 Å². The fourth-order valence-electron chi connectivity index (χ4n) is 2.73. The molecule has 2 unspecified atom stereocenters. The van der Waals surface area contributed by atoms with E-state index >= 15 is 0 Å². The summed E-state index contributed by atoms with van der Waals surface area (Å²) in [6.07, 6.45) is 4.19. The maximum Gasteiger partial charge on any atom is 0.167 e. The van der Waals surface area contributed by atoms with Crippen molar-refractivity contribution < 1.29 is 9.53 Å². The average Bonchev–Trinajstić information content (AvgIpc) is 2.17. The minimum absolute atomic E-state index is 0.0850. The van der Waals surface area contributed by atoms with Crippen molar-refractivity contribution in [2.45, 2.75) is 59.0 Å². The van der Waals surface area contributed by atoms with E-state index in [9.17, 15) is 4.79 Å². The highest BCUT2D eigenvalue weighted by Gasteiger charge is 2.42. The van der Waals surface area contributed by atoms with Crippen LogP contribution in [0.5, 0.6) is 0 Å². The predicted molar refractivity (Wildman–Crippen MR) is 61.8 cm³/mol. The van der Waals surface area contributed by atoms with Crippen molar-refractivity contribution in [3.8, 4) is 0 Å². The van der Waals surface area contributed by atoms with Gasteiger partial charge >= 0.3 is 0 Å². The molecule has 15 heavy (non-hydrogen) atoms. The zero-order valence-corrected chi connectivity index (χ0v) is 10.5. The number of hydrogen-bond acceptors (Lipinski definition) is 2. The van der Waals surface area contributed by atoms with E-state index in [1.165, 1.54) is 6.42 Å². The van der Waals surface area contributed by atoms with E-state index in [2.05, 4.69) is 6.92 Å². The SMILES string of the molecule is CCOC1(C(=O)C(C)C)CCCC(C)C1. The first-order chi connectivity index (χ1) is 7.02. The van der Waals surface area contributed by atoms with Crippen LogP contribution < -0.4 is 0 Å². The Balaban J connectivity index is 2.81. The Morgan fingerprint density at radius 1 is 1.53 bits per heavy atom. The largest absolute Gasteiger partial charge is 0.367 e. The third kappa shape index (κ3) is 2.81. The maximum atomic E-state index is 12.2. The van der Waals surface area contributed by atoms with Gasteiger partial charge in [0, 0.05) is 12.5 Å². The van der Waals surface area contributed by atoms with Gasteiger partial charge in [-0.05, 0) is 32.1 Å². The van der Waals surface area contributed by atoms with Crippen molar-refractivity contribution in [3.05, 3.63) is 0 Å². The van der Waals surface area contributed by atoms with E-state index in [4.69, 9.17) is 4.74 Å². The van der Waals surface area contributed by atoms with E-state index < -0.39 is 5.60 Å². The molecule has 0 aliphatic heterocycles. The summed E-state index contributed by atoms with van der Waals surface area (Å²) in [7, 11) is 0. The van der Waals surface area contributed by atoms with E-state index in [0.717, 1.165) is 19.3 Å². The van der Waals surface area contributed by atoms with Crippen LogP contribution in [-0.2, 0) is 9.53 Å². The van der Waals surface area contributed by atoms with Gasteiger partial charge in [0.2, 0.25) is 0 Å². The van der Waals surface area contributed by atoms with Crippen LogP contribution in [0, 0.1) is 11.8 Å². The molecule has 0 spiro atoms. The summed E-state index contributed by atoms with van der Waals surface area (Å²) < 4.78 is 5.81. The van der Waals surface area contributed by atoms with E-state index in [1.807, 2.05) is 20.8 Å². The molecule has 1 fully saturated rings. The number of carbonyl (C=O) groups excluding carboxylic acids is 1. The van der Waals surface area contributed by atoms with Crippen molar-refractivity contribution >= 4 is 5.78 Å². The van der Waals surface area contributed by atoms with Crippen molar-refractivity contribution in [1.29, 1.82) is 0 Å². The second-order valence-corrected chi connectivity index (χ2v) is 5.15. The highest BCUT2D eigenvalue weighted by Crippen LogP contribution is 2.37. The second-order valence-electron chi connectivity index (χ2n) is 5.15. The van der Waals surface area contributed by atoms with Crippen LogP contribution in [0.2, 0.25) is 0 Å². The minimum atomic E-state index is -0.458. The topological polar surface area (TPSA) is 26.3 Å². The van der Waals surface area contributed by atoms with Crippen LogP contribution in [0.1, 0.15) is 53.4 Å². The first-order valence-corrected chi connectivity index (χ1v) is 6.20. The number of ether oxygens (including phenoxy) is 1. The maximum absolute atomic E-state index is 12.2. The van der Waals surface area contributed by atoms with Crippen molar-refractivity contribution in [3.63, 3.8) is 0 Å². The Bertz CT molecular complexity index is 219. The van der Waals surface area contributed by atoms with Crippen LogP contribution >= 0.6 is 0 Å². The van der Waals surface area contributed by atoms with Gasteiger partial charge in [-0.3, -0.25) is 4.79 Å². The van der Waals surface area contributed by atoms with E-state index in [0.29, 0.717) is 18.3 Å². The van der Waals surface area contributed by atoms with E-state index in [1.54, 1.807) is 0 Å². The van der Waals surface area contributed by atoms with Crippen LogP contribution in [0.3, 0.4) is 0 Å². The first kappa shape index (κ1) is 12.7. The van der Waals surface area contributed by atoms with Crippen molar-refractivity contribution in [2.75, 3.05) is 6.61 Å². The molecule has 0 heterocycles. The molecule has 0 N–H and O–H groups in total. The Morgan fingerprint density at radius 3 is 2.67 bits per heavy atom. The molecule has 0 radical (unpaired) electrons. The van der Waals surface area contributed by atoms with Crippen LogP contribution in [0.25, 0.3) is 0 Å². The third-order valence-electron chi connectivity index (χ3n) is 3.35. The van der Waals surface area contributed by atoms with Crippen LogP contribution in [-0.4, -0.2) is 18.0 Å². The Labute approximate surface area is 93.4 Å². The molecule has 88 valence electrons. The van der Waals surface area contributed by atoms with Crippen molar-refractivity contribution in [2.24, 2.45) is 11.8 Å². The molecule has 1 rings (SSSR count). The van der Waals surface area contributed by atoms with Gasteiger partial charge in [0.25, 0.3) is 0 Å². The van der Waals surface area contributed by atoms with Gasteiger partial charge in [0.05, 0.1) is 0 Å². The van der Waals surface area contributed by atoms with Gasteiger partial charge in [-0.2, -0.15) is 0 Å². The Kier molecular flexibility index (Phi) is 4.32. The average molecular weight is 212 g/mol. The number of rotatable bonds is 4. The lowest BCUT2D eigenvalue weighted by Crippen LogP contribution is -2.47. The summed E-state index contributed by atoms with van der Waals surface area (Å²) in [5.41, 5.74) is -0.458. The van der Waals surface area contributed by atoms with Gasteiger partial charge in [-0.15, -0.1) is 0 Å². The molecule has 0 aromatic carbocycles. The molecular weight excluding hydrogens is 188 g/mol. The summed E-state index contributed by atoms with van der Waals surface area (Å²) in [4.78, 5) is 12.2. The van der Waals surface area contributed by atoms with Gasteiger partial charge in [-0.25, -0.2) is 0 Å². The molecule has 2 atom stereocenters. The highest BCUT2D eigenvalue weighted by atomic mass is 16.5. The molecule has 0 aromatic rings. The quantitative estimate of drug-likeness (QED) is 0.715. The second kappa shape index (κ2) is 5.11. The molecule has 0 aromatic heterocycles. The molecule has 1 saturated carbocycles. The number of carbonyl (C=O) groups is 1. The number of ketones is 1. The molecule has 1 aliphatic carbocycles. The fourth-order valence-corrected chi connectivity index (χ4v) is 2.73. The molecular formula is C13H24O2. The zero-order valence-electron chi connectivity index (χ0n) is 10.5. The molecule has 2 heteroatoms. The molecule has 0 bridgehead atoms. The minimum Gasteiger partial charge on any atom is -0.367 e. The predicted octanol–water partition coefficient (Wildman–Crippen LogP) is 3.20. The molecule has 1 aliphatic rings. The summed E-state index contributed by atoms with van der Waals surface area (Å²) in [5, 5.41) is 0. The summed E-state index contributed by atoms with van der Waals surface area (Å²) in [6.45, 7) is 8.80. The van der Waals surface area contributed by atoms with Gasteiger partial charge in [-0.1, -0.05) is 27.2 Å². The zero-order chi connectivity index (χ0) is 11.5. The lowest BCUT2D eigenvalue weighted by Gasteiger charge is -2.39. The van der Waals surface area contributed by atoms with Crippen molar-refractivity contribution in [1.82, 2.24) is 0 Å². The molecule has 0 saturated heterocycles.